The van der Waals surface area contributed by atoms with E-state index >= 15 is 0 Å². The highest BCUT2D eigenvalue weighted by molar-refractivity contribution is 7.99. The third kappa shape index (κ3) is 3.94. The molecule has 8 heteroatoms. The van der Waals surface area contributed by atoms with Crippen molar-refractivity contribution in [2.24, 2.45) is 17.8 Å². The molecule has 5 fully saturated rings. The minimum Gasteiger partial charge on any atom is -0.390 e. The number of thioether (sulfide) groups is 1. The summed E-state index contributed by atoms with van der Waals surface area (Å²) >= 11 is 1.63. The van der Waals surface area contributed by atoms with Crippen molar-refractivity contribution in [2.75, 3.05) is 37.0 Å². The van der Waals surface area contributed by atoms with Gasteiger partial charge in [-0.05, 0) is 62.0 Å². The first kappa shape index (κ1) is 20.5. The number of rotatable bonds is 6. The number of morpholine rings is 1. The molecule has 7 nitrogen and oxygen atoms in total. The number of ether oxygens (including phenoxy) is 1. The second kappa shape index (κ2) is 8.28. The molecule has 0 radical (unpaired) electrons. The Labute approximate surface area is 182 Å². The summed E-state index contributed by atoms with van der Waals surface area (Å²) in [6, 6.07) is 0.164. The maximum Gasteiger partial charge on any atom is 0.255 e. The van der Waals surface area contributed by atoms with Crippen molar-refractivity contribution in [3.63, 3.8) is 0 Å². The number of hydrogen-bond donors (Lipinski definition) is 2. The Bertz CT molecular complexity index is 785. The van der Waals surface area contributed by atoms with Gasteiger partial charge < -0.3 is 20.1 Å². The van der Waals surface area contributed by atoms with Crippen molar-refractivity contribution < 1.29 is 14.6 Å². The highest BCUT2D eigenvalue weighted by atomic mass is 32.2. The third-order valence-electron chi connectivity index (χ3n) is 7.26. The molecule has 4 bridgehead atoms. The average molecular weight is 433 g/mol. The molecule has 5 aliphatic rings. The molecule has 164 valence electrons. The first-order valence-corrected chi connectivity index (χ1v) is 12.4. The maximum absolute atomic E-state index is 13.3. The fourth-order valence-corrected chi connectivity index (χ4v) is 7.03. The number of aliphatic hydroxyl groups is 1. The van der Waals surface area contributed by atoms with Crippen molar-refractivity contribution in [3.8, 4) is 0 Å². The summed E-state index contributed by atoms with van der Waals surface area (Å²) in [6.07, 6.45) is 7.60. The molecule has 1 aromatic rings. The van der Waals surface area contributed by atoms with Crippen LogP contribution < -0.4 is 10.2 Å². The molecule has 30 heavy (non-hydrogen) atoms. The standard InChI is InChI=1S/C22H32N4O3S/c1-2-7-30-20-17(13-23-21(25-20)26-3-5-29-6-4-26)19(27)24-18-15-8-14-9-16(18)12-22(28,10-14)11-15/h13-16,18,28H,2-12H2,1H3,(H,24,27). The summed E-state index contributed by atoms with van der Waals surface area (Å²) in [4.78, 5) is 24.7. The Morgan fingerprint density at radius 2 is 2.03 bits per heavy atom. The summed E-state index contributed by atoms with van der Waals surface area (Å²) < 4.78 is 5.43. The molecule has 6 rings (SSSR count). The first-order chi connectivity index (χ1) is 14.5. The van der Waals surface area contributed by atoms with Crippen LogP contribution in [0.15, 0.2) is 11.2 Å². The predicted molar refractivity (Wildman–Crippen MR) is 116 cm³/mol. The minimum absolute atomic E-state index is 0.0633. The van der Waals surface area contributed by atoms with E-state index in [4.69, 9.17) is 9.72 Å². The molecule has 1 amide bonds. The lowest BCUT2D eigenvalue weighted by atomic mass is 9.52. The lowest BCUT2D eigenvalue weighted by Gasteiger charge is -2.58. The summed E-state index contributed by atoms with van der Waals surface area (Å²) in [7, 11) is 0. The SMILES string of the molecule is CCCSc1nc(N2CCOCC2)ncc1C(=O)NC1C2CC3CC1CC(O)(C3)C2. The number of anilines is 1. The van der Waals surface area contributed by atoms with Crippen LogP contribution in [-0.2, 0) is 4.74 Å². The Morgan fingerprint density at radius 1 is 1.30 bits per heavy atom. The number of aromatic nitrogens is 2. The number of carbonyl (C=O) groups excluding carboxylic acids is 1. The van der Waals surface area contributed by atoms with Crippen LogP contribution in [0.25, 0.3) is 0 Å². The lowest BCUT2D eigenvalue weighted by Crippen LogP contribution is -2.61. The van der Waals surface area contributed by atoms with Crippen molar-refractivity contribution in [2.45, 2.75) is 62.1 Å². The molecule has 0 aromatic carbocycles. The van der Waals surface area contributed by atoms with Gasteiger partial charge in [-0.25, -0.2) is 9.97 Å². The number of nitrogens with zero attached hydrogens (tertiary/aromatic N) is 3. The van der Waals surface area contributed by atoms with Crippen LogP contribution in [-0.4, -0.2) is 64.7 Å². The molecule has 1 aliphatic heterocycles. The van der Waals surface area contributed by atoms with Crippen molar-refractivity contribution in [3.05, 3.63) is 11.8 Å². The van der Waals surface area contributed by atoms with E-state index in [2.05, 4.69) is 22.1 Å². The van der Waals surface area contributed by atoms with Gasteiger partial charge in [0, 0.05) is 25.3 Å². The van der Waals surface area contributed by atoms with Crippen LogP contribution in [0.4, 0.5) is 5.95 Å². The smallest absolute Gasteiger partial charge is 0.255 e. The molecule has 2 atom stereocenters. The van der Waals surface area contributed by atoms with E-state index < -0.39 is 5.60 Å². The zero-order valence-electron chi connectivity index (χ0n) is 17.7. The van der Waals surface area contributed by atoms with E-state index in [1.807, 2.05) is 0 Å². The summed E-state index contributed by atoms with van der Waals surface area (Å²) in [5, 5.41) is 14.9. The van der Waals surface area contributed by atoms with Gasteiger partial charge in [-0.2, -0.15) is 0 Å². The summed E-state index contributed by atoms with van der Waals surface area (Å²) in [5.74, 6) is 2.96. The fourth-order valence-electron chi connectivity index (χ4n) is 6.18. The van der Waals surface area contributed by atoms with Crippen molar-refractivity contribution in [1.82, 2.24) is 15.3 Å². The number of hydrogen-bond acceptors (Lipinski definition) is 7. The molecule has 2 heterocycles. The highest BCUT2D eigenvalue weighted by Gasteiger charge is 2.55. The van der Waals surface area contributed by atoms with Crippen LogP contribution >= 0.6 is 11.8 Å². The van der Waals surface area contributed by atoms with E-state index in [9.17, 15) is 9.90 Å². The molecule has 1 aromatic heterocycles. The van der Waals surface area contributed by atoms with E-state index in [1.165, 1.54) is 0 Å². The van der Waals surface area contributed by atoms with Gasteiger partial charge >= 0.3 is 0 Å². The van der Waals surface area contributed by atoms with Gasteiger partial charge in [-0.15, -0.1) is 11.8 Å². The van der Waals surface area contributed by atoms with Gasteiger partial charge in [0.2, 0.25) is 5.95 Å². The molecular weight excluding hydrogens is 400 g/mol. The largest absolute Gasteiger partial charge is 0.390 e. The second-order valence-corrected chi connectivity index (χ2v) is 10.6. The molecule has 1 saturated heterocycles. The number of amides is 1. The number of nitrogens with one attached hydrogen (secondary N) is 1. The van der Waals surface area contributed by atoms with Gasteiger partial charge in [0.15, 0.2) is 0 Å². The topological polar surface area (TPSA) is 87.6 Å². The van der Waals surface area contributed by atoms with Gasteiger partial charge in [-0.3, -0.25) is 4.79 Å². The van der Waals surface area contributed by atoms with Crippen LogP contribution in [0, 0.1) is 17.8 Å². The van der Waals surface area contributed by atoms with E-state index in [-0.39, 0.29) is 11.9 Å². The predicted octanol–water partition coefficient (Wildman–Crippen LogP) is 2.48. The molecule has 2 N–H and O–H groups in total. The van der Waals surface area contributed by atoms with Crippen molar-refractivity contribution >= 4 is 23.6 Å². The zero-order chi connectivity index (χ0) is 20.7. The van der Waals surface area contributed by atoms with Crippen LogP contribution in [0.5, 0.6) is 0 Å². The monoisotopic (exact) mass is 432 g/mol. The van der Waals surface area contributed by atoms with E-state index in [0.717, 1.165) is 62.4 Å². The Hall–Kier alpha value is -1.38. The molecule has 0 spiro atoms. The molecule has 4 saturated carbocycles. The Morgan fingerprint density at radius 3 is 2.70 bits per heavy atom. The second-order valence-electron chi connectivity index (χ2n) is 9.53. The summed E-state index contributed by atoms with van der Waals surface area (Å²) in [5.41, 5.74) is 0.0981. The normalized spacial score (nSPS) is 34.9. The van der Waals surface area contributed by atoms with Crippen LogP contribution in [0.1, 0.15) is 55.8 Å². The van der Waals surface area contributed by atoms with Gasteiger partial charge in [-0.1, -0.05) is 6.92 Å². The zero-order valence-corrected chi connectivity index (χ0v) is 18.5. The Balaban J connectivity index is 1.34. The molecule has 4 aliphatic carbocycles. The molecule has 2 unspecified atom stereocenters. The summed E-state index contributed by atoms with van der Waals surface area (Å²) in [6.45, 7) is 5.05. The van der Waals surface area contributed by atoms with Crippen LogP contribution in [0.3, 0.4) is 0 Å². The average Bonchev–Trinajstić information content (AvgIpc) is 2.74. The Kier molecular flexibility index (Phi) is 5.66. The van der Waals surface area contributed by atoms with Gasteiger partial charge in [0.05, 0.1) is 24.4 Å². The van der Waals surface area contributed by atoms with E-state index in [0.29, 0.717) is 42.5 Å². The number of carbonyl (C=O) groups is 1. The highest BCUT2D eigenvalue weighted by Crippen LogP contribution is 2.55. The van der Waals surface area contributed by atoms with Gasteiger partial charge in [0.1, 0.15) is 5.03 Å². The van der Waals surface area contributed by atoms with Crippen molar-refractivity contribution in [1.29, 1.82) is 0 Å². The van der Waals surface area contributed by atoms with Crippen LogP contribution in [0.2, 0.25) is 0 Å². The maximum atomic E-state index is 13.3. The first-order valence-electron chi connectivity index (χ1n) is 11.4. The fraction of sp³-hybridized carbons (Fsp3) is 0.773. The lowest BCUT2D eigenvalue weighted by molar-refractivity contribution is -0.136. The minimum atomic E-state index is -0.483. The molecular formula is C22H32N4O3S. The van der Waals surface area contributed by atoms with E-state index in [1.54, 1.807) is 18.0 Å². The quantitative estimate of drug-likeness (QED) is 0.527. The third-order valence-corrected chi connectivity index (χ3v) is 8.46. The van der Waals surface area contributed by atoms with Gasteiger partial charge in [0.25, 0.3) is 5.91 Å².